The van der Waals surface area contributed by atoms with Crippen LogP contribution < -0.4 is 9.47 Å². The molecule has 9 aromatic rings. The van der Waals surface area contributed by atoms with E-state index in [1.165, 1.54) is 0 Å². The topological polar surface area (TPSA) is 127 Å². The summed E-state index contributed by atoms with van der Waals surface area (Å²) < 4.78 is 13.3. The van der Waals surface area contributed by atoms with E-state index in [9.17, 15) is 0 Å². The highest BCUT2D eigenvalue weighted by atomic mass is 35.5. The summed E-state index contributed by atoms with van der Waals surface area (Å²) in [5.41, 5.74) is 2.65. The first kappa shape index (κ1) is 50.6. The zero-order valence-corrected chi connectivity index (χ0v) is 46.8. The van der Waals surface area contributed by atoms with Crippen molar-refractivity contribution < 1.29 is 9.47 Å². The maximum Gasteiger partial charge on any atom is 0.166 e. The van der Waals surface area contributed by atoms with Gasteiger partial charge in [0.15, 0.2) is 34.8 Å². The number of aromatic nitrogens is 8. The first-order chi connectivity index (χ1) is 34.5. The van der Waals surface area contributed by atoms with Gasteiger partial charge in [-0.15, -0.1) is 0 Å². The van der Waals surface area contributed by atoms with Crippen molar-refractivity contribution >= 4 is 172 Å². The number of nitrogens with one attached hydrogen (secondary N) is 2. The van der Waals surface area contributed by atoms with Crippen molar-refractivity contribution in [1.29, 1.82) is 0 Å². The maximum atomic E-state index is 7.52. The highest BCUT2D eigenvalue weighted by molar-refractivity contribution is 6.55. The summed E-state index contributed by atoms with van der Waals surface area (Å²) in [5.74, 6) is 1.19. The lowest BCUT2D eigenvalue weighted by Crippen LogP contribution is -2.12. The molecule has 11 rings (SSSR count). The molecular weight excluding hydrogens is 1160 g/mol. The molecule has 0 aliphatic carbocycles. The third-order valence-corrected chi connectivity index (χ3v) is 16.7. The van der Waals surface area contributed by atoms with E-state index in [1.54, 1.807) is 18.2 Å². The average Bonchev–Trinajstić information content (AvgIpc) is 4.09. The molecule has 0 saturated carbocycles. The van der Waals surface area contributed by atoms with E-state index in [1.807, 2.05) is 48.5 Å². The zero-order chi connectivity index (χ0) is 51.9. The molecule has 6 aromatic carbocycles. The van der Waals surface area contributed by atoms with Gasteiger partial charge in [0.1, 0.15) is 44.1 Å². The number of H-pyrrole nitrogens is 2. The van der Waals surface area contributed by atoms with Crippen LogP contribution in [-0.2, 0) is 10.8 Å². The van der Waals surface area contributed by atoms with Crippen molar-refractivity contribution in [3.8, 4) is 68.5 Å². The van der Waals surface area contributed by atoms with E-state index in [4.69, 9.17) is 167 Å². The van der Waals surface area contributed by atoms with Gasteiger partial charge in [0.05, 0.1) is 73.2 Å². The number of benzene rings is 6. The Bertz CT molecular complexity index is 4110. The predicted molar refractivity (Wildman–Crippen MR) is 302 cm³/mol. The van der Waals surface area contributed by atoms with Crippen molar-refractivity contribution in [2.75, 3.05) is 0 Å². The summed E-state index contributed by atoms with van der Waals surface area (Å²) in [4.78, 5) is 36.8. The fourth-order valence-corrected chi connectivity index (χ4v) is 11.8. The van der Waals surface area contributed by atoms with Crippen LogP contribution in [0.3, 0.4) is 0 Å². The Hall–Kier alpha value is -4.53. The van der Waals surface area contributed by atoms with Crippen molar-refractivity contribution in [1.82, 2.24) is 39.9 Å². The van der Waals surface area contributed by atoms with Crippen molar-refractivity contribution in [2.45, 2.75) is 52.4 Å². The summed E-state index contributed by atoms with van der Waals surface area (Å²) >= 11 is 78.2. The minimum Gasteiger partial charge on any atom is -0.454 e. The molecule has 73 heavy (non-hydrogen) atoms. The fraction of sp³-hybridized carbons (Fsp3) is 0.154. The molecular formula is C52H31Cl11N8O2. The first-order valence-corrected chi connectivity index (χ1v) is 26.1. The molecule has 21 heteroatoms. The molecule has 8 bridgehead atoms. The average molecular weight is 1190 g/mol. The van der Waals surface area contributed by atoms with Gasteiger partial charge in [-0.1, -0.05) is 206 Å². The minimum atomic E-state index is -0.349. The maximum absolute atomic E-state index is 7.52. The molecule has 0 saturated heterocycles. The number of para-hydroxylation sites is 2. The smallest absolute Gasteiger partial charge is 0.166 e. The van der Waals surface area contributed by atoms with Crippen molar-refractivity contribution in [2.24, 2.45) is 0 Å². The van der Waals surface area contributed by atoms with Gasteiger partial charge >= 0.3 is 0 Å². The van der Waals surface area contributed by atoms with Crippen LogP contribution in [0, 0.1) is 0 Å². The largest absolute Gasteiger partial charge is 0.454 e. The van der Waals surface area contributed by atoms with Crippen LogP contribution in [0.4, 0.5) is 0 Å². The zero-order valence-electron chi connectivity index (χ0n) is 38.5. The molecule has 368 valence electrons. The monoisotopic (exact) mass is 1180 g/mol. The fourth-order valence-electron chi connectivity index (χ4n) is 8.86. The number of hydrogen-bond acceptors (Lipinski definition) is 8. The molecule has 2 N–H and O–H groups in total. The second-order valence-corrected chi connectivity index (χ2v) is 23.3. The number of ether oxygens (including phenoxy) is 2. The number of halogens is 11. The Morgan fingerprint density at radius 3 is 1.25 bits per heavy atom. The number of rotatable bonds is 4. The molecule has 0 atom stereocenters. The Morgan fingerprint density at radius 2 is 0.753 bits per heavy atom. The molecule has 5 heterocycles. The highest BCUT2D eigenvalue weighted by Crippen LogP contribution is 2.56. The Labute approximate surface area is 471 Å². The molecule has 10 nitrogen and oxygen atoms in total. The van der Waals surface area contributed by atoms with E-state index >= 15 is 0 Å². The van der Waals surface area contributed by atoms with Gasteiger partial charge in [0.25, 0.3) is 0 Å². The van der Waals surface area contributed by atoms with Gasteiger partial charge in [0, 0.05) is 26.9 Å². The summed E-state index contributed by atoms with van der Waals surface area (Å²) in [6.45, 7) is 12.4. The second kappa shape index (κ2) is 18.3. The number of fused-ring (bicyclic) bond motifs is 20. The third kappa shape index (κ3) is 8.32. The molecule has 0 fully saturated rings. The van der Waals surface area contributed by atoms with E-state index in [0.29, 0.717) is 27.3 Å². The minimum absolute atomic E-state index is 0.00327. The van der Waals surface area contributed by atoms with Crippen LogP contribution in [-0.4, -0.2) is 39.9 Å². The van der Waals surface area contributed by atoms with E-state index in [0.717, 1.165) is 11.1 Å². The van der Waals surface area contributed by atoms with Crippen LogP contribution in [0.2, 0.25) is 55.2 Å². The van der Waals surface area contributed by atoms with E-state index in [2.05, 4.69) is 51.5 Å². The number of nitrogens with zero attached hydrogens (tertiary/aromatic N) is 6. The third-order valence-electron chi connectivity index (χ3n) is 12.3. The van der Waals surface area contributed by atoms with E-state index < -0.39 is 0 Å². The normalized spacial score (nSPS) is 12.5. The lowest BCUT2D eigenvalue weighted by molar-refractivity contribution is 0.455. The lowest BCUT2D eigenvalue weighted by Gasteiger charge is -2.23. The van der Waals surface area contributed by atoms with Crippen molar-refractivity contribution in [3.63, 3.8) is 0 Å². The summed E-state index contributed by atoms with van der Waals surface area (Å²) in [7, 11) is 0. The van der Waals surface area contributed by atoms with Gasteiger partial charge < -0.3 is 19.4 Å². The standard InChI is InChI=1S/C52H31Cl11N8O2/c1-51(2,3)21-11-7-9-13-23(21)72-41-35(58)29-27(33(56)39(41)62)46-65-43-19-16-15-18(53)17-20(19)44(64-43)66-45-25-26(32(55)38(61)37(60)31(25)54)47(67-45)69-48-28-30(50(70-48)71-49(29)68-46)36(59)42(40(63)34(28)57)73-24-14-10-8-12-22(24)52(4,5)6/h7-17H,1-6H3,(H2,64,65,66,67,68,69,70,71). The van der Waals surface area contributed by atoms with Gasteiger partial charge in [-0.3, -0.25) is 0 Å². The molecule has 2 aliphatic heterocycles. The molecule has 3 aromatic heterocycles. The quantitative estimate of drug-likeness (QED) is 0.132. The first-order valence-electron chi connectivity index (χ1n) is 22.0. The van der Waals surface area contributed by atoms with Gasteiger partial charge in [0.2, 0.25) is 0 Å². The summed E-state index contributed by atoms with van der Waals surface area (Å²) in [6, 6.07) is 20.3. The Morgan fingerprint density at radius 1 is 0.370 bits per heavy atom. The summed E-state index contributed by atoms with van der Waals surface area (Å²) in [6.07, 6.45) is 0. The molecule has 0 spiro atoms. The van der Waals surface area contributed by atoms with Gasteiger partial charge in [-0.2, -0.15) is 0 Å². The SMILES string of the molecule is CC(C)(C)c1ccccc1Oc1c(Cl)c(Cl)c2c(c1Cl)-c1nc-2nc2[nH]c(nc3nc(nc4[nH]c(n1)c1c(Cl)c(Oc5ccccc5C(C)(C)C)c(Cl)c(Cl)c41)-c1c(Cl)c(Cl)c(Cl)c(Cl)c1-3)c1cc(Cl)ccc21. The lowest BCUT2D eigenvalue weighted by atomic mass is 9.86. The van der Waals surface area contributed by atoms with Crippen LogP contribution in [0.5, 0.6) is 23.0 Å². The van der Waals surface area contributed by atoms with E-state index in [-0.39, 0.29) is 151 Å². The van der Waals surface area contributed by atoms with Crippen LogP contribution in [0.1, 0.15) is 52.7 Å². The van der Waals surface area contributed by atoms with Crippen LogP contribution in [0.15, 0.2) is 66.7 Å². The van der Waals surface area contributed by atoms with Gasteiger partial charge in [-0.25, -0.2) is 29.9 Å². The summed E-state index contributed by atoms with van der Waals surface area (Å²) in [5, 5.41) is 1.89. The molecule has 0 unspecified atom stereocenters. The van der Waals surface area contributed by atoms with Crippen LogP contribution >= 0.6 is 128 Å². The second-order valence-electron chi connectivity index (χ2n) is 19.0. The highest BCUT2D eigenvalue weighted by Gasteiger charge is 2.35. The van der Waals surface area contributed by atoms with Crippen molar-refractivity contribution in [3.05, 3.63) is 133 Å². The van der Waals surface area contributed by atoms with Gasteiger partial charge in [-0.05, 0) is 41.2 Å². The molecule has 0 amide bonds. The Balaban J connectivity index is 1.31. The predicted octanol–water partition coefficient (Wildman–Crippen LogP) is 20.2. The Kier molecular flexibility index (Phi) is 12.7. The molecule has 0 radical (unpaired) electrons. The number of hydrogen-bond donors (Lipinski definition) is 2. The van der Waals surface area contributed by atoms with Crippen LogP contribution in [0.25, 0.3) is 89.7 Å². The number of aromatic amines is 2. The molecule has 2 aliphatic rings.